The first-order chi connectivity index (χ1) is 8.24. The molecule has 0 aliphatic carbocycles. The summed E-state index contributed by atoms with van der Waals surface area (Å²) in [5, 5.41) is 1.73. The number of hydroxylamine groups is 2. The summed E-state index contributed by atoms with van der Waals surface area (Å²) >= 11 is 0. The summed E-state index contributed by atoms with van der Waals surface area (Å²) in [4.78, 5) is 17.3. The van der Waals surface area contributed by atoms with Crippen LogP contribution in [0.1, 0.15) is 18.5 Å². The maximum absolute atomic E-state index is 11.8. The Labute approximate surface area is 101 Å². The van der Waals surface area contributed by atoms with Gasteiger partial charge in [0.25, 0.3) is 0 Å². The van der Waals surface area contributed by atoms with Gasteiger partial charge in [-0.05, 0) is 12.5 Å². The summed E-state index contributed by atoms with van der Waals surface area (Å²) in [6, 6.07) is 9.83. The minimum Gasteiger partial charge on any atom is -0.466 e. The molecule has 1 aliphatic heterocycles. The molecule has 92 valence electrons. The number of esters is 1. The first-order valence-electron chi connectivity index (χ1n) is 5.81. The van der Waals surface area contributed by atoms with Gasteiger partial charge in [-0.2, -0.15) is 5.06 Å². The number of hydrogen-bond acceptors (Lipinski definition) is 4. The summed E-state index contributed by atoms with van der Waals surface area (Å²) in [5.74, 6) is -0.437. The molecule has 0 spiro atoms. The van der Waals surface area contributed by atoms with Gasteiger partial charge in [-0.1, -0.05) is 30.3 Å². The van der Waals surface area contributed by atoms with Crippen molar-refractivity contribution in [2.24, 2.45) is 5.92 Å². The molecule has 17 heavy (non-hydrogen) atoms. The molecule has 0 N–H and O–H groups in total. The molecule has 0 aromatic heterocycles. The van der Waals surface area contributed by atoms with Crippen molar-refractivity contribution in [3.63, 3.8) is 0 Å². The van der Waals surface area contributed by atoms with E-state index in [4.69, 9.17) is 9.57 Å². The average molecular weight is 235 g/mol. The largest absolute Gasteiger partial charge is 0.466 e. The zero-order valence-corrected chi connectivity index (χ0v) is 10.1. The van der Waals surface area contributed by atoms with Crippen LogP contribution in [0.25, 0.3) is 0 Å². The molecule has 1 saturated heterocycles. The zero-order valence-electron chi connectivity index (χ0n) is 10.1. The highest BCUT2D eigenvalue weighted by Crippen LogP contribution is 2.34. The number of hydrogen-bond donors (Lipinski definition) is 0. The SMILES string of the molecule is CCOC(=O)[C@@H]1CON(C)[C@H]1c1ccccc1. The van der Waals surface area contributed by atoms with Gasteiger partial charge >= 0.3 is 5.97 Å². The number of carbonyl (C=O) groups excluding carboxylic acids is 1. The van der Waals surface area contributed by atoms with E-state index in [1.54, 1.807) is 5.06 Å². The van der Waals surface area contributed by atoms with Crippen LogP contribution in [0.4, 0.5) is 0 Å². The van der Waals surface area contributed by atoms with Crippen LogP contribution >= 0.6 is 0 Å². The lowest BCUT2D eigenvalue weighted by atomic mass is 9.94. The molecule has 0 unspecified atom stereocenters. The second-order valence-electron chi connectivity index (χ2n) is 4.06. The Morgan fingerprint density at radius 1 is 1.47 bits per heavy atom. The highest BCUT2D eigenvalue weighted by molar-refractivity contribution is 5.74. The Morgan fingerprint density at radius 2 is 2.18 bits per heavy atom. The number of rotatable bonds is 3. The van der Waals surface area contributed by atoms with Gasteiger partial charge in [0.1, 0.15) is 5.92 Å². The van der Waals surface area contributed by atoms with Crippen molar-refractivity contribution in [3.05, 3.63) is 35.9 Å². The van der Waals surface area contributed by atoms with Gasteiger partial charge in [0.15, 0.2) is 0 Å². The van der Waals surface area contributed by atoms with E-state index in [-0.39, 0.29) is 17.9 Å². The molecule has 4 heteroatoms. The van der Waals surface area contributed by atoms with E-state index >= 15 is 0 Å². The van der Waals surface area contributed by atoms with Crippen molar-refractivity contribution < 1.29 is 14.4 Å². The van der Waals surface area contributed by atoms with Crippen molar-refractivity contribution in [2.75, 3.05) is 20.3 Å². The third-order valence-electron chi connectivity index (χ3n) is 2.96. The summed E-state index contributed by atoms with van der Waals surface area (Å²) in [6.07, 6.45) is 0. The lowest BCUT2D eigenvalue weighted by Gasteiger charge is -2.21. The Bertz CT molecular complexity index is 380. The zero-order chi connectivity index (χ0) is 12.3. The summed E-state index contributed by atoms with van der Waals surface area (Å²) in [6.45, 7) is 2.60. The maximum Gasteiger partial charge on any atom is 0.313 e. The lowest BCUT2D eigenvalue weighted by Crippen LogP contribution is -2.27. The fourth-order valence-electron chi connectivity index (χ4n) is 2.16. The predicted octanol–water partition coefficient (Wildman–Crippen LogP) is 1.78. The van der Waals surface area contributed by atoms with Gasteiger partial charge in [0.2, 0.25) is 0 Å². The monoisotopic (exact) mass is 235 g/mol. The Kier molecular flexibility index (Phi) is 3.76. The van der Waals surface area contributed by atoms with Crippen molar-refractivity contribution in [2.45, 2.75) is 13.0 Å². The molecule has 0 bridgehead atoms. The van der Waals surface area contributed by atoms with Crippen LogP contribution in [-0.2, 0) is 14.4 Å². The molecule has 0 saturated carbocycles. The van der Waals surface area contributed by atoms with E-state index in [9.17, 15) is 4.79 Å². The summed E-state index contributed by atoms with van der Waals surface area (Å²) < 4.78 is 5.08. The van der Waals surface area contributed by atoms with E-state index < -0.39 is 0 Å². The van der Waals surface area contributed by atoms with Gasteiger partial charge in [0, 0.05) is 7.05 Å². The van der Waals surface area contributed by atoms with Crippen LogP contribution in [0.3, 0.4) is 0 Å². The van der Waals surface area contributed by atoms with Gasteiger partial charge in [-0.25, -0.2) is 0 Å². The van der Waals surface area contributed by atoms with Gasteiger partial charge in [0.05, 0.1) is 19.3 Å². The van der Waals surface area contributed by atoms with E-state index in [0.717, 1.165) is 5.56 Å². The van der Waals surface area contributed by atoms with Crippen LogP contribution in [0.5, 0.6) is 0 Å². The van der Waals surface area contributed by atoms with E-state index in [2.05, 4.69) is 0 Å². The molecule has 1 aromatic rings. The molecular formula is C13H17NO3. The quantitative estimate of drug-likeness (QED) is 0.749. The highest BCUT2D eigenvalue weighted by atomic mass is 16.7. The minimum absolute atomic E-state index is 0.0600. The second kappa shape index (κ2) is 5.29. The van der Waals surface area contributed by atoms with Crippen LogP contribution in [0, 0.1) is 5.92 Å². The normalized spacial score (nSPS) is 24.8. The Hall–Kier alpha value is -1.39. The van der Waals surface area contributed by atoms with E-state index in [1.807, 2.05) is 44.3 Å². The van der Waals surface area contributed by atoms with E-state index in [0.29, 0.717) is 13.2 Å². The van der Waals surface area contributed by atoms with Crippen molar-refractivity contribution in [3.8, 4) is 0 Å². The molecule has 0 radical (unpaired) electrons. The number of benzene rings is 1. The molecule has 1 aromatic carbocycles. The van der Waals surface area contributed by atoms with E-state index in [1.165, 1.54) is 0 Å². The first kappa shape index (κ1) is 12.1. The predicted molar refractivity (Wildman–Crippen MR) is 63.0 cm³/mol. The Balaban J connectivity index is 2.20. The third-order valence-corrected chi connectivity index (χ3v) is 2.96. The number of carbonyl (C=O) groups is 1. The summed E-state index contributed by atoms with van der Waals surface area (Å²) in [7, 11) is 1.84. The van der Waals surface area contributed by atoms with Crippen LogP contribution < -0.4 is 0 Å². The van der Waals surface area contributed by atoms with Crippen LogP contribution in [0.2, 0.25) is 0 Å². The molecule has 0 amide bonds. The number of ether oxygens (including phenoxy) is 1. The average Bonchev–Trinajstić information content (AvgIpc) is 2.73. The van der Waals surface area contributed by atoms with Crippen LogP contribution in [-0.4, -0.2) is 31.3 Å². The highest BCUT2D eigenvalue weighted by Gasteiger charge is 2.40. The van der Waals surface area contributed by atoms with Gasteiger partial charge in [-0.3, -0.25) is 9.63 Å². The Morgan fingerprint density at radius 3 is 2.82 bits per heavy atom. The lowest BCUT2D eigenvalue weighted by molar-refractivity contribution is -0.148. The third kappa shape index (κ3) is 2.48. The molecule has 1 fully saturated rings. The van der Waals surface area contributed by atoms with Crippen molar-refractivity contribution >= 4 is 5.97 Å². The van der Waals surface area contributed by atoms with Crippen molar-refractivity contribution in [1.29, 1.82) is 0 Å². The standard InChI is InChI=1S/C13H17NO3/c1-3-16-13(15)11-9-17-14(2)12(11)10-7-5-4-6-8-10/h4-8,11-12H,3,9H2,1-2H3/t11-,12+/m1/s1. The van der Waals surface area contributed by atoms with Crippen LogP contribution in [0.15, 0.2) is 30.3 Å². The topological polar surface area (TPSA) is 38.8 Å². The van der Waals surface area contributed by atoms with Gasteiger partial charge < -0.3 is 4.74 Å². The number of nitrogens with zero attached hydrogens (tertiary/aromatic N) is 1. The van der Waals surface area contributed by atoms with Crippen molar-refractivity contribution in [1.82, 2.24) is 5.06 Å². The maximum atomic E-state index is 11.8. The molecule has 2 rings (SSSR count). The van der Waals surface area contributed by atoms with Gasteiger partial charge in [-0.15, -0.1) is 0 Å². The minimum atomic E-state index is -0.248. The molecule has 1 heterocycles. The first-order valence-corrected chi connectivity index (χ1v) is 5.81. The molecule has 4 nitrogen and oxygen atoms in total. The summed E-state index contributed by atoms with van der Waals surface area (Å²) in [5.41, 5.74) is 1.07. The fourth-order valence-corrected chi connectivity index (χ4v) is 2.16. The molecular weight excluding hydrogens is 218 g/mol. The smallest absolute Gasteiger partial charge is 0.313 e. The molecule has 2 atom stereocenters. The second-order valence-corrected chi connectivity index (χ2v) is 4.06. The fraction of sp³-hybridized carbons (Fsp3) is 0.462. The molecule has 1 aliphatic rings.